The fourth-order valence-corrected chi connectivity index (χ4v) is 3.90. The van der Waals surface area contributed by atoms with Crippen LogP contribution in [-0.4, -0.2) is 24.3 Å². The van der Waals surface area contributed by atoms with Crippen LogP contribution < -0.4 is 16.0 Å². The van der Waals surface area contributed by atoms with Gasteiger partial charge < -0.3 is 20.9 Å². The smallest absolute Gasteiger partial charge is 0.253 e. The highest BCUT2D eigenvalue weighted by molar-refractivity contribution is 5.96. The summed E-state index contributed by atoms with van der Waals surface area (Å²) in [6.45, 7) is 15.7. The molecule has 6 heteroatoms. The second kappa shape index (κ2) is 19.7. The molecule has 0 aromatic rings. The Labute approximate surface area is 247 Å². The van der Waals surface area contributed by atoms with Gasteiger partial charge in [-0.15, -0.1) is 0 Å². The Morgan fingerprint density at radius 2 is 1.88 bits per heavy atom. The van der Waals surface area contributed by atoms with Crippen LogP contribution in [-0.2, 0) is 9.59 Å². The molecule has 0 aromatic heterocycles. The van der Waals surface area contributed by atoms with Gasteiger partial charge in [-0.25, -0.2) is 0 Å². The number of nitrogens with zero attached hydrogens (tertiary/aromatic N) is 1. The van der Waals surface area contributed by atoms with Crippen molar-refractivity contribution in [2.45, 2.75) is 67.2 Å². The molecule has 220 valence electrons. The molecular weight excluding hydrogens is 508 g/mol. The number of amides is 2. The van der Waals surface area contributed by atoms with Gasteiger partial charge in [-0.2, -0.15) is 0 Å². The summed E-state index contributed by atoms with van der Waals surface area (Å²) in [5.41, 5.74) is 6.59. The molecule has 0 unspecified atom stereocenters. The minimum Gasteiger partial charge on any atom is -0.361 e. The summed E-state index contributed by atoms with van der Waals surface area (Å²) in [5.74, 6) is -0.201. The summed E-state index contributed by atoms with van der Waals surface area (Å²) >= 11 is 0. The number of dihydropyridines is 1. The van der Waals surface area contributed by atoms with Gasteiger partial charge in [-0.3, -0.25) is 9.59 Å². The van der Waals surface area contributed by atoms with Crippen LogP contribution in [0.2, 0.25) is 0 Å². The van der Waals surface area contributed by atoms with Gasteiger partial charge in [0.15, 0.2) is 0 Å². The molecule has 1 heterocycles. The molecule has 0 fully saturated rings. The lowest BCUT2D eigenvalue weighted by atomic mass is 10.0. The van der Waals surface area contributed by atoms with Crippen LogP contribution in [0, 0.1) is 0 Å². The number of hydrogen-bond acceptors (Lipinski definition) is 4. The molecule has 1 aliphatic heterocycles. The van der Waals surface area contributed by atoms with Crippen molar-refractivity contribution >= 4 is 12.3 Å². The van der Waals surface area contributed by atoms with Crippen LogP contribution in [0.1, 0.15) is 67.2 Å². The minimum absolute atomic E-state index is 0.201. The second-order valence-corrected chi connectivity index (χ2v) is 9.51. The standard InChI is InChI=1S/C35H48N4O2/c1-9-14-17-21-34(39(8)30(19-15-10-2)20-16-11-3)28-22-23-32(36-25-28)31(13-5)35(41)38-33(27(6)7)24-29(18-12-4)37-26-40/h10,12,14-15,17-26,36H,2,9,11,13,16H2,1,3-8H3,(H,37,40)(H,38,41)/b17-14+,18-12-,19-15-,29-24+,30-20+,32-31+,34-21-. The Hall–Kier alpha value is -4.32. The van der Waals surface area contributed by atoms with Gasteiger partial charge in [0.05, 0.1) is 0 Å². The van der Waals surface area contributed by atoms with Crippen LogP contribution in [0.5, 0.6) is 0 Å². The minimum atomic E-state index is -0.201. The van der Waals surface area contributed by atoms with Crippen LogP contribution in [0.15, 0.2) is 131 Å². The van der Waals surface area contributed by atoms with Crippen LogP contribution in [0.3, 0.4) is 0 Å². The Bertz CT molecular complexity index is 1230. The average molecular weight is 557 g/mol. The molecule has 0 atom stereocenters. The third-order valence-corrected chi connectivity index (χ3v) is 6.14. The van der Waals surface area contributed by atoms with Gasteiger partial charge in [0.1, 0.15) is 0 Å². The number of allylic oxidation sites excluding steroid dienone is 13. The first-order chi connectivity index (χ1) is 19.8. The van der Waals surface area contributed by atoms with Crippen molar-refractivity contribution in [2.75, 3.05) is 7.05 Å². The van der Waals surface area contributed by atoms with Crippen LogP contribution >= 0.6 is 0 Å². The average Bonchev–Trinajstić information content (AvgIpc) is 2.96. The highest BCUT2D eigenvalue weighted by Crippen LogP contribution is 2.25. The molecular formula is C35H48N4O2. The zero-order chi connectivity index (χ0) is 30.6. The number of nitrogens with one attached hydrogen (secondary N) is 3. The van der Waals surface area contributed by atoms with Gasteiger partial charge in [0.25, 0.3) is 5.91 Å². The van der Waals surface area contributed by atoms with E-state index >= 15 is 0 Å². The van der Waals surface area contributed by atoms with E-state index in [9.17, 15) is 9.59 Å². The zero-order valence-corrected chi connectivity index (χ0v) is 25.9. The van der Waals surface area contributed by atoms with E-state index < -0.39 is 0 Å². The highest BCUT2D eigenvalue weighted by Gasteiger charge is 2.18. The van der Waals surface area contributed by atoms with Crippen molar-refractivity contribution in [3.63, 3.8) is 0 Å². The zero-order valence-electron chi connectivity index (χ0n) is 25.9. The number of carbonyl (C=O) groups is 2. The summed E-state index contributed by atoms with van der Waals surface area (Å²) < 4.78 is 0. The van der Waals surface area contributed by atoms with Crippen molar-refractivity contribution in [3.8, 4) is 0 Å². The lowest BCUT2D eigenvalue weighted by molar-refractivity contribution is -0.117. The number of carbonyl (C=O) groups excluding carboxylic acids is 2. The summed E-state index contributed by atoms with van der Waals surface area (Å²) in [6.07, 6.45) is 29.7. The first-order valence-electron chi connectivity index (χ1n) is 14.3. The Kier molecular flexibility index (Phi) is 16.7. The number of unbranched alkanes of at least 4 members (excludes halogenated alkanes) is 1. The molecule has 0 bridgehead atoms. The van der Waals surface area contributed by atoms with E-state index in [1.54, 1.807) is 18.2 Å². The van der Waals surface area contributed by atoms with Crippen LogP contribution in [0.25, 0.3) is 0 Å². The van der Waals surface area contributed by atoms with E-state index in [-0.39, 0.29) is 5.91 Å². The highest BCUT2D eigenvalue weighted by atomic mass is 16.1. The lowest BCUT2D eigenvalue weighted by Crippen LogP contribution is -2.28. The lowest BCUT2D eigenvalue weighted by Gasteiger charge is -2.26. The second-order valence-electron chi connectivity index (χ2n) is 9.51. The predicted molar refractivity (Wildman–Crippen MR) is 174 cm³/mol. The molecule has 3 N–H and O–H groups in total. The molecule has 1 rings (SSSR count). The van der Waals surface area contributed by atoms with E-state index in [1.807, 2.05) is 58.2 Å². The van der Waals surface area contributed by atoms with E-state index in [0.29, 0.717) is 29.8 Å². The Morgan fingerprint density at radius 1 is 1.12 bits per heavy atom. The molecule has 0 saturated carbocycles. The Balaban J connectivity index is 3.40. The summed E-state index contributed by atoms with van der Waals surface area (Å²) in [7, 11) is 2.06. The molecule has 0 aliphatic carbocycles. The summed E-state index contributed by atoms with van der Waals surface area (Å²) in [4.78, 5) is 26.6. The largest absolute Gasteiger partial charge is 0.361 e. The summed E-state index contributed by atoms with van der Waals surface area (Å²) in [6, 6.07) is 0. The molecule has 0 saturated heterocycles. The fourth-order valence-electron chi connectivity index (χ4n) is 3.90. The maximum atomic E-state index is 13.4. The molecule has 1 aliphatic rings. The SMILES string of the molecule is C=C/C=C\C(=C/CCC)N(C)/C(=C\C=C\CC)C1=CN/C(=C(\CC)C(=O)NC(/C=C(\C=C/C)NC=O)=C(C)C)C=C1. The van der Waals surface area contributed by atoms with Crippen molar-refractivity contribution < 1.29 is 9.59 Å². The van der Waals surface area contributed by atoms with Gasteiger partial charge in [0.2, 0.25) is 6.41 Å². The molecule has 6 nitrogen and oxygen atoms in total. The number of likely N-dealkylation sites (N-methyl/N-ethyl adjacent to an activating group) is 1. The van der Waals surface area contributed by atoms with Crippen molar-refractivity contribution in [1.82, 2.24) is 20.9 Å². The summed E-state index contributed by atoms with van der Waals surface area (Å²) in [5, 5.41) is 9.04. The van der Waals surface area contributed by atoms with E-state index in [2.05, 4.69) is 78.7 Å². The predicted octanol–water partition coefficient (Wildman–Crippen LogP) is 7.52. The normalized spacial score (nSPS) is 15.6. The number of hydrogen-bond donors (Lipinski definition) is 3. The van der Waals surface area contributed by atoms with Crippen LogP contribution in [0.4, 0.5) is 0 Å². The number of rotatable bonds is 16. The van der Waals surface area contributed by atoms with Gasteiger partial charge in [-0.05, 0) is 76.5 Å². The third-order valence-electron chi connectivity index (χ3n) is 6.14. The topological polar surface area (TPSA) is 73.5 Å². The van der Waals surface area contributed by atoms with Crippen molar-refractivity contribution in [2.24, 2.45) is 0 Å². The Morgan fingerprint density at radius 3 is 2.41 bits per heavy atom. The van der Waals surface area contributed by atoms with E-state index in [1.165, 1.54) is 0 Å². The maximum absolute atomic E-state index is 13.4. The molecule has 0 radical (unpaired) electrons. The first kappa shape index (κ1) is 34.7. The van der Waals surface area contributed by atoms with Crippen molar-refractivity contribution in [3.05, 3.63) is 131 Å². The van der Waals surface area contributed by atoms with Gasteiger partial charge >= 0.3 is 0 Å². The van der Waals surface area contributed by atoms with E-state index in [0.717, 1.165) is 47.5 Å². The van der Waals surface area contributed by atoms with E-state index in [4.69, 9.17) is 0 Å². The first-order valence-corrected chi connectivity index (χ1v) is 14.3. The third kappa shape index (κ3) is 11.8. The fraction of sp³-hybridized carbons (Fsp3) is 0.314. The quantitative estimate of drug-likeness (QED) is 0.104. The monoisotopic (exact) mass is 556 g/mol. The molecule has 41 heavy (non-hydrogen) atoms. The van der Waals surface area contributed by atoms with Crippen molar-refractivity contribution in [1.29, 1.82) is 0 Å². The molecule has 2 amide bonds. The van der Waals surface area contributed by atoms with Gasteiger partial charge in [-0.1, -0.05) is 75.8 Å². The molecule has 0 spiro atoms. The van der Waals surface area contributed by atoms with Gasteiger partial charge in [0, 0.05) is 52.9 Å². The molecule has 0 aromatic carbocycles. The maximum Gasteiger partial charge on any atom is 0.253 e.